The minimum absolute atomic E-state index is 0.0721. The van der Waals surface area contributed by atoms with Gasteiger partial charge in [-0.2, -0.15) is 0 Å². The number of aromatic nitrogens is 1. The van der Waals surface area contributed by atoms with Crippen molar-refractivity contribution in [2.45, 2.75) is 0 Å². The Balaban J connectivity index is 1.48. The maximum absolute atomic E-state index is 13.1. The van der Waals surface area contributed by atoms with Gasteiger partial charge in [-0.15, -0.1) is 0 Å². The number of ketones is 1. The number of rotatable bonds is 2. The fourth-order valence-corrected chi connectivity index (χ4v) is 3.98. The summed E-state index contributed by atoms with van der Waals surface area (Å²) in [6, 6.07) is 12.4. The number of hydrogen-bond donors (Lipinski definition) is 2. The van der Waals surface area contributed by atoms with Crippen LogP contribution in [0.4, 0.5) is 5.69 Å². The molecule has 1 amide bonds. The zero-order chi connectivity index (χ0) is 20.1. The number of likely N-dealkylation sites (N-methyl/N-ethyl adjacent to an activating group) is 1. The molecule has 0 saturated carbocycles. The molecule has 1 aromatic heterocycles. The Morgan fingerprint density at radius 1 is 1.10 bits per heavy atom. The van der Waals surface area contributed by atoms with Gasteiger partial charge in [0.15, 0.2) is 5.88 Å². The van der Waals surface area contributed by atoms with Crippen molar-refractivity contribution in [3.8, 4) is 5.88 Å². The zero-order valence-electron chi connectivity index (χ0n) is 16.0. The predicted octanol–water partition coefficient (Wildman–Crippen LogP) is 2.58. The summed E-state index contributed by atoms with van der Waals surface area (Å²) >= 11 is 0. The van der Waals surface area contributed by atoms with Gasteiger partial charge in [0, 0.05) is 42.6 Å². The third-order valence-corrected chi connectivity index (χ3v) is 5.65. The molecule has 2 aliphatic heterocycles. The summed E-state index contributed by atoms with van der Waals surface area (Å²) < 4.78 is 0. The van der Waals surface area contributed by atoms with E-state index in [4.69, 9.17) is 0 Å². The zero-order valence-corrected chi connectivity index (χ0v) is 16.0. The van der Waals surface area contributed by atoms with Gasteiger partial charge in [-0.1, -0.05) is 18.2 Å². The van der Waals surface area contributed by atoms with Gasteiger partial charge in [0.05, 0.1) is 16.8 Å². The third kappa shape index (κ3) is 2.82. The van der Waals surface area contributed by atoms with Gasteiger partial charge in [-0.25, -0.2) is 4.99 Å². The molecule has 0 unspecified atom stereocenters. The number of carbonyl (C=O) groups is 2. The molecule has 1 saturated heterocycles. The number of hydrogen-bond acceptors (Lipinski definition) is 5. The van der Waals surface area contributed by atoms with E-state index < -0.39 is 0 Å². The summed E-state index contributed by atoms with van der Waals surface area (Å²) in [6.07, 6.45) is 0. The standard InChI is InChI=1S/C22H20N4O3/c1-25-8-10-26(11-9-25)22(29)13-6-7-17-15(12-13)20(27)19(23-17)18-14-4-2-3-5-16(14)24-21(18)28/h2-7,12,24,28H,8-11H2,1H3. The first kappa shape index (κ1) is 17.6. The second-order valence-electron chi connectivity index (χ2n) is 7.51. The number of Topliss-reactive ketones (excluding diaryl/α,β-unsaturated/α-hetero) is 1. The second kappa shape index (κ2) is 6.56. The van der Waals surface area contributed by atoms with Crippen molar-refractivity contribution in [2.75, 3.05) is 33.2 Å². The first-order valence-corrected chi connectivity index (χ1v) is 9.58. The maximum Gasteiger partial charge on any atom is 0.253 e. The molecule has 2 aliphatic rings. The van der Waals surface area contributed by atoms with Crippen LogP contribution in [0.1, 0.15) is 26.3 Å². The number of amides is 1. The van der Waals surface area contributed by atoms with Gasteiger partial charge >= 0.3 is 0 Å². The molecule has 3 aromatic rings. The quantitative estimate of drug-likeness (QED) is 0.706. The predicted molar refractivity (Wildman–Crippen MR) is 110 cm³/mol. The Hall–Kier alpha value is -3.45. The Kier molecular flexibility index (Phi) is 3.99. The molecule has 7 heteroatoms. The fourth-order valence-electron chi connectivity index (χ4n) is 3.98. The summed E-state index contributed by atoms with van der Waals surface area (Å²) in [5.74, 6) is -0.440. The third-order valence-electron chi connectivity index (χ3n) is 5.65. The SMILES string of the molecule is CN1CCN(C(=O)c2ccc3c(c2)C(=O)C(c2c(O)[nH]c4ccccc24)=N3)CC1. The van der Waals surface area contributed by atoms with Gasteiger partial charge in [0.1, 0.15) is 5.71 Å². The van der Waals surface area contributed by atoms with Crippen LogP contribution >= 0.6 is 0 Å². The largest absolute Gasteiger partial charge is 0.494 e. The molecule has 0 radical (unpaired) electrons. The van der Waals surface area contributed by atoms with Gasteiger partial charge in [0.2, 0.25) is 5.78 Å². The molecule has 0 atom stereocenters. The van der Waals surface area contributed by atoms with E-state index in [0.717, 1.165) is 24.0 Å². The highest BCUT2D eigenvalue weighted by Gasteiger charge is 2.31. The van der Waals surface area contributed by atoms with E-state index in [2.05, 4.69) is 14.9 Å². The first-order valence-electron chi connectivity index (χ1n) is 9.58. The number of benzene rings is 2. The molecule has 1 fully saturated rings. The number of carbonyl (C=O) groups excluding carboxylic acids is 2. The maximum atomic E-state index is 13.1. The van der Waals surface area contributed by atoms with Crippen molar-refractivity contribution >= 4 is 34.0 Å². The van der Waals surface area contributed by atoms with Crippen LogP contribution in [0.5, 0.6) is 5.88 Å². The first-order chi connectivity index (χ1) is 14.0. The number of piperazine rings is 1. The van der Waals surface area contributed by atoms with E-state index in [1.54, 1.807) is 18.2 Å². The van der Waals surface area contributed by atoms with E-state index in [0.29, 0.717) is 35.5 Å². The van der Waals surface area contributed by atoms with Crippen LogP contribution in [-0.2, 0) is 0 Å². The number of aromatic hydroxyl groups is 1. The Morgan fingerprint density at radius 2 is 1.86 bits per heavy atom. The van der Waals surface area contributed by atoms with Crippen molar-refractivity contribution in [1.82, 2.24) is 14.8 Å². The van der Waals surface area contributed by atoms with E-state index >= 15 is 0 Å². The number of aromatic amines is 1. The molecule has 0 spiro atoms. The number of H-pyrrole nitrogens is 1. The van der Waals surface area contributed by atoms with Crippen molar-refractivity contribution in [3.05, 3.63) is 59.2 Å². The summed E-state index contributed by atoms with van der Waals surface area (Å²) in [6.45, 7) is 3.02. The van der Waals surface area contributed by atoms with E-state index in [1.807, 2.05) is 36.2 Å². The van der Waals surface area contributed by atoms with E-state index in [9.17, 15) is 14.7 Å². The van der Waals surface area contributed by atoms with Crippen LogP contribution in [-0.4, -0.2) is 70.5 Å². The van der Waals surface area contributed by atoms with Crippen LogP contribution in [0, 0.1) is 0 Å². The average molecular weight is 388 g/mol. The average Bonchev–Trinajstić information content (AvgIpc) is 3.23. The van der Waals surface area contributed by atoms with E-state index in [-0.39, 0.29) is 23.3 Å². The summed E-state index contributed by atoms with van der Waals surface area (Å²) in [7, 11) is 2.04. The molecule has 2 N–H and O–H groups in total. The highest BCUT2D eigenvalue weighted by atomic mass is 16.3. The van der Waals surface area contributed by atoms with Crippen LogP contribution in [0.25, 0.3) is 10.9 Å². The van der Waals surface area contributed by atoms with Crippen LogP contribution < -0.4 is 0 Å². The summed E-state index contributed by atoms with van der Waals surface area (Å²) in [4.78, 5) is 37.3. The fraction of sp³-hybridized carbons (Fsp3) is 0.227. The lowest BCUT2D eigenvalue weighted by atomic mass is 10.00. The summed E-state index contributed by atoms with van der Waals surface area (Å²) in [5, 5.41) is 11.1. The molecule has 0 bridgehead atoms. The Labute approximate surface area is 167 Å². The highest BCUT2D eigenvalue weighted by Crippen LogP contribution is 2.35. The second-order valence-corrected chi connectivity index (χ2v) is 7.51. The van der Waals surface area contributed by atoms with Crippen LogP contribution in [0.15, 0.2) is 47.5 Å². The van der Waals surface area contributed by atoms with E-state index in [1.165, 1.54) is 0 Å². The van der Waals surface area contributed by atoms with Gasteiger partial charge in [0.25, 0.3) is 5.91 Å². The monoisotopic (exact) mass is 388 g/mol. The smallest absolute Gasteiger partial charge is 0.253 e. The molecular formula is C22H20N4O3. The highest BCUT2D eigenvalue weighted by molar-refractivity contribution is 6.56. The molecule has 7 nitrogen and oxygen atoms in total. The number of aliphatic imine (C=N–C) groups is 1. The topological polar surface area (TPSA) is 89.0 Å². The molecule has 2 aromatic carbocycles. The lowest BCUT2D eigenvalue weighted by Gasteiger charge is -2.32. The van der Waals surface area contributed by atoms with Gasteiger partial charge in [-0.3, -0.25) is 9.59 Å². The summed E-state index contributed by atoms with van der Waals surface area (Å²) in [5.41, 5.74) is 2.72. The minimum Gasteiger partial charge on any atom is -0.494 e. The van der Waals surface area contributed by atoms with Crippen molar-refractivity contribution < 1.29 is 14.7 Å². The Bertz CT molecular complexity index is 1190. The minimum atomic E-state index is -0.284. The molecule has 3 heterocycles. The lowest BCUT2D eigenvalue weighted by Crippen LogP contribution is -2.47. The Morgan fingerprint density at radius 3 is 2.66 bits per heavy atom. The number of nitrogens with one attached hydrogen (secondary N) is 1. The number of fused-ring (bicyclic) bond motifs is 2. The number of para-hydroxylation sites is 1. The van der Waals surface area contributed by atoms with Crippen LogP contribution in [0.2, 0.25) is 0 Å². The molecule has 0 aliphatic carbocycles. The number of nitrogens with zero attached hydrogens (tertiary/aromatic N) is 3. The van der Waals surface area contributed by atoms with Gasteiger partial charge < -0.3 is 19.9 Å². The molecule has 5 rings (SSSR count). The molecule has 146 valence electrons. The molecular weight excluding hydrogens is 368 g/mol. The lowest BCUT2D eigenvalue weighted by molar-refractivity contribution is 0.0664. The van der Waals surface area contributed by atoms with Crippen LogP contribution in [0.3, 0.4) is 0 Å². The van der Waals surface area contributed by atoms with Gasteiger partial charge in [-0.05, 0) is 31.3 Å². The normalized spacial score (nSPS) is 16.9. The van der Waals surface area contributed by atoms with Crippen molar-refractivity contribution in [1.29, 1.82) is 0 Å². The van der Waals surface area contributed by atoms with Crippen molar-refractivity contribution in [3.63, 3.8) is 0 Å². The molecule has 29 heavy (non-hydrogen) atoms. The van der Waals surface area contributed by atoms with Crippen molar-refractivity contribution in [2.24, 2.45) is 4.99 Å².